The molecule has 48 heavy (non-hydrogen) atoms. The van der Waals surface area contributed by atoms with Gasteiger partial charge in [-0.2, -0.15) is 10.5 Å². The topological polar surface area (TPSA) is 57.4 Å². The Hall–Kier alpha value is -6.62. The molecule has 0 saturated carbocycles. The summed E-state index contributed by atoms with van der Waals surface area (Å²) in [5, 5.41) is 25.5. The van der Waals surface area contributed by atoms with Gasteiger partial charge in [0.2, 0.25) is 0 Å². The van der Waals surface area contributed by atoms with Gasteiger partial charge in [0.05, 0.1) is 45.0 Å². The van der Waals surface area contributed by atoms with Gasteiger partial charge in [-0.05, 0) is 72.5 Å². The number of nitrogens with zero attached hydrogens (tertiary/aromatic N) is 4. The zero-order valence-corrected chi connectivity index (χ0v) is 26.1. The van der Waals surface area contributed by atoms with Crippen LogP contribution in [0.1, 0.15) is 29.5 Å². The number of hydrogen-bond donors (Lipinski definition) is 0. The number of aromatic nitrogens is 2. The second-order valence-electron chi connectivity index (χ2n) is 12.3. The van der Waals surface area contributed by atoms with E-state index in [9.17, 15) is 10.5 Å². The Balaban J connectivity index is 1.23. The predicted molar refractivity (Wildman–Crippen MR) is 197 cm³/mol. The Morgan fingerprint density at radius 1 is 0.500 bits per heavy atom. The summed E-state index contributed by atoms with van der Waals surface area (Å²) in [5.74, 6) is 0. The van der Waals surface area contributed by atoms with Crippen LogP contribution in [0.4, 0.5) is 0 Å². The monoisotopic (exact) mass is 612 g/mol. The third kappa shape index (κ3) is 4.14. The third-order valence-electron chi connectivity index (χ3n) is 9.69. The summed E-state index contributed by atoms with van der Waals surface area (Å²) in [6.07, 6.45) is 6.31. The fraction of sp³-hybridized carbons (Fsp3) is 0.0455. The highest BCUT2D eigenvalue weighted by molar-refractivity contribution is 6.12. The third-order valence-corrected chi connectivity index (χ3v) is 9.69. The van der Waals surface area contributed by atoms with Crippen LogP contribution in [0.25, 0.3) is 71.7 Å². The first-order valence-corrected chi connectivity index (χ1v) is 16.2. The number of hydrogen-bond acceptors (Lipinski definition) is 2. The predicted octanol–water partition coefficient (Wildman–Crippen LogP) is 11.0. The molecule has 9 rings (SSSR count). The van der Waals surface area contributed by atoms with Crippen LogP contribution < -0.4 is 0 Å². The number of rotatable bonds is 4. The summed E-state index contributed by atoms with van der Waals surface area (Å²) in [6, 6.07) is 50.8. The summed E-state index contributed by atoms with van der Waals surface area (Å²) in [5.41, 5.74) is 11.5. The summed E-state index contributed by atoms with van der Waals surface area (Å²) in [6.45, 7) is 0. The minimum Gasteiger partial charge on any atom is -0.312 e. The maximum atomic E-state index is 10.5. The molecule has 0 N–H and O–H groups in total. The van der Waals surface area contributed by atoms with Crippen molar-refractivity contribution < 1.29 is 0 Å². The maximum absolute atomic E-state index is 10.5. The largest absolute Gasteiger partial charge is 0.312 e. The highest BCUT2D eigenvalue weighted by Gasteiger charge is 2.20. The van der Waals surface area contributed by atoms with E-state index in [0.29, 0.717) is 11.1 Å². The van der Waals surface area contributed by atoms with E-state index in [0.717, 1.165) is 62.6 Å². The molecular weight excluding hydrogens is 585 g/mol. The van der Waals surface area contributed by atoms with Crippen molar-refractivity contribution >= 4 is 54.9 Å². The van der Waals surface area contributed by atoms with Gasteiger partial charge in [-0.3, -0.25) is 0 Å². The van der Waals surface area contributed by atoms with Crippen molar-refractivity contribution in [3.8, 4) is 29.0 Å². The average Bonchev–Trinajstić information content (AvgIpc) is 3.67. The first-order valence-electron chi connectivity index (χ1n) is 16.2. The van der Waals surface area contributed by atoms with Crippen molar-refractivity contribution in [2.75, 3.05) is 0 Å². The van der Waals surface area contributed by atoms with Crippen molar-refractivity contribution in [1.82, 2.24) is 9.13 Å². The van der Waals surface area contributed by atoms with E-state index < -0.39 is 0 Å². The van der Waals surface area contributed by atoms with Crippen molar-refractivity contribution in [2.24, 2.45) is 0 Å². The van der Waals surface area contributed by atoms with E-state index in [1.807, 2.05) is 48.5 Å². The van der Waals surface area contributed by atoms with E-state index in [1.165, 1.54) is 27.5 Å². The molecule has 0 unspecified atom stereocenters. The molecule has 0 aliphatic heterocycles. The molecule has 0 radical (unpaired) electrons. The van der Waals surface area contributed by atoms with Crippen LogP contribution in [0.3, 0.4) is 0 Å². The molecule has 0 fully saturated rings. The van der Waals surface area contributed by atoms with Gasteiger partial charge >= 0.3 is 0 Å². The Morgan fingerprint density at radius 3 is 1.58 bits per heavy atom. The summed E-state index contributed by atoms with van der Waals surface area (Å²) in [7, 11) is 0. The van der Waals surface area contributed by atoms with E-state index in [2.05, 4.69) is 118 Å². The molecule has 224 valence electrons. The molecular formula is C44H28N4. The standard InChI is InChI=1S/C44H28N4/c45-27-31-22-21-30(33-11-1-6-16-40(33)48-43-19-9-4-14-36(43)37-15-5-10-20-44(37)48)26-38(31)29-23-24-39(32(25-29)28-46)47-41-17-7-2-12-34(41)35-13-3-8-18-42(35)47/h1-5,7-15,17-26H,6,16H2. The summed E-state index contributed by atoms with van der Waals surface area (Å²) < 4.78 is 4.58. The zero-order valence-electron chi connectivity index (χ0n) is 26.1. The molecule has 1 aliphatic carbocycles. The lowest BCUT2D eigenvalue weighted by molar-refractivity contribution is 0.983. The molecule has 0 atom stereocenters. The molecule has 4 nitrogen and oxygen atoms in total. The molecule has 6 aromatic carbocycles. The quantitative estimate of drug-likeness (QED) is 0.199. The summed E-state index contributed by atoms with van der Waals surface area (Å²) in [4.78, 5) is 0. The molecule has 1 aliphatic rings. The molecule has 2 heterocycles. The maximum Gasteiger partial charge on any atom is 0.101 e. The second-order valence-corrected chi connectivity index (χ2v) is 12.3. The van der Waals surface area contributed by atoms with Crippen molar-refractivity contribution in [1.29, 1.82) is 10.5 Å². The molecule has 4 heteroatoms. The lowest BCUT2D eigenvalue weighted by atomic mass is 9.90. The van der Waals surface area contributed by atoms with Crippen LogP contribution in [-0.4, -0.2) is 9.13 Å². The fourth-order valence-corrected chi connectivity index (χ4v) is 7.58. The van der Waals surface area contributed by atoms with Crippen LogP contribution in [0.15, 0.2) is 146 Å². The SMILES string of the molecule is N#Cc1ccc(C2=C(n3c4ccccc4c4ccccc43)CCC=C2)cc1-c1ccc(-n2c3ccccc3c3ccccc32)c(C#N)c1. The Morgan fingerprint density at radius 2 is 1.02 bits per heavy atom. The van der Waals surface area contributed by atoms with Crippen LogP contribution in [0.5, 0.6) is 0 Å². The first kappa shape index (κ1) is 27.7. The van der Waals surface area contributed by atoms with Crippen LogP contribution in [-0.2, 0) is 0 Å². The van der Waals surface area contributed by atoms with Gasteiger partial charge in [0.1, 0.15) is 6.07 Å². The number of fused-ring (bicyclic) bond motifs is 6. The van der Waals surface area contributed by atoms with Gasteiger partial charge in [-0.1, -0.05) is 97.1 Å². The molecule has 8 aromatic rings. The van der Waals surface area contributed by atoms with E-state index >= 15 is 0 Å². The summed E-state index contributed by atoms with van der Waals surface area (Å²) >= 11 is 0. The Labute approximate surface area is 277 Å². The number of para-hydroxylation sites is 4. The second kappa shape index (κ2) is 11.0. The molecule has 2 aromatic heterocycles. The van der Waals surface area contributed by atoms with Gasteiger partial charge in [-0.25, -0.2) is 0 Å². The Kier molecular flexibility index (Phi) is 6.35. The Bertz CT molecular complexity index is 2650. The first-order chi connectivity index (χ1) is 23.7. The van der Waals surface area contributed by atoms with Gasteiger partial charge in [0.15, 0.2) is 0 Å². The van der Waals surface area contributed by atoms with Crippen LogP contribution in [0, 0.1) is 22.7 Å². The lowest BCUT2D eigenvalue weighted by Gasteiger charge is -2.21. The normalized spacial score (nSPS) is 13.0. The van der Waals surface area contributed by atoms with Crippen LogP contribution >= 0.6 is 0 Å². The molecule has 0 bridgehead atoms. The van der Waals surface area contributed by atoms with Crippen molar-refractivity contribution in [2.45, 2.75) is 12.8 Å². The van der Waals surface area contributed by atoms with E-state index in [4.69, 9.17) is 0 Å². The number of allylic oxidation sites excluding steroid dienone is 4. The molecule has 0 saturated heterocycles. The molecule has 0 spiro atoms. The van der Waals surface area contributed by atoms with Gasteiger partial charge in [0, 0.05) is 38.4 Å². The highest BCUT2D eigenvalue weighted by Crippen LogP contribution is 2.40. The van der Waals surface area contributed by atoms with Gasteiger partial charge < -0.3 is 9.13 Å². The number of benzene rings is 6. The fourth-order valence-electron chi connectivity index (χ4n) is 7.58. The smallest absolute Gasteiger partial charge is 0.101 e. The van der Waals surface area contributed by atoms with Crippen LogP contribution in [0.2, 0.25) is 0 Å². The highest BCUT2D eigenvalue weighted by atomic mass is 15.0. The van der Waals surface area contributed by atoms with E-state index in [-0.39, 0.29) is 0 Å². The minimum absolute atomic E-state index is 0.552. The van der Waals surface area contributed by atoms with Crippen molar-refractivity contribution in [3.05, 3.63) is 162 Å². The zero-order chi connectivity index (χ0) is 32.2. The average molecular weight is 613 g/mol. The minimum atomic E-state index is 0.552. The van der Waals surface area contributed by atoms with Gasteiger partial charge in [-0.15, -0.1) is 0 Å². The van der Waals surface area contributed by atoms with Crippen molar-refractivity contribution in [3.63, 3.8) is 0 Å². The van der Waals surface area contributed by atoms with E-state index in [1.54, 1.807) is 0 Å². The van der Waals surface area contributed by atoms with Gasteiger partial charge in [0.25, 0.3) is 0 Å². The lowest BCUT2D eigenvalue weighted by Crippen LogP contribution is -2.03. The number of nitriles is 2. The molecule has 0 amide bonds.